The van der Waals surface area contributed by atoms with Gasteiger partial charge in [0.25, 0.3) is 0 Å². The van der Waals surface area contributed by atoms with Gasteiger partial charge in [0.1, 0.15) is 0 Å². The van der Waals surface area contributed by atoms with E-state index in [-0.39, 0.29) is 18.0 Å². The van der Waals surface area contributed by atoms with Crippen LogP contribution in [-0.2, 0) is 4.79 Å². The number of rotatable bonds is 4. The molecule has 0 aliphatic rings. The molecule has 0 saturated carbocycles. The lowest BCUT2D eigenvalue weighted by atomic mass is 10.1. The van der Waals surface area contributed by atoms with E-state index in [4.69, 9.17) is 5.73 Å². The van der Waals surface area contributed by atoms with Crippen LogP contribution in [0.3, 0.4) is 0 Å². The van der Waals surface area contributed by atoms with E-state index in [1.165, 1.54) is 0 Å². The Bertz CT molecular complexity index is 145. The number of nitrogens with zero attached hydrogens (tertiary/aromatic N) is 1. The molecule has 72 valence electrons. The van der Waals surface area contributed by atoms with E-state index in [1.807, 2.05) is 20.8 Å². The summed E-state index contributed by atoms with van der Waals surface area (Å²) in [5.74, 6) is 0.0480. The number of amides is 1. The van der Waals surface area contributed by atoms with Crippen molar-refractivity contribution in [3.8, 4) is 0 Å². The predicted octanol–water partition coefficient (Wildman–Crippen LogP) is 0.981. The quantitative estimate of drug-likeness (QED) is 0.687. The second-order valence-electron chi connectivity index (χ2n) is 3.44. The van der Waals surface area contributed by atoms with Crippen molar-refractivity contribution in [2.45, 2.75) is 45.7 Å². The van der Waals surface area contributed by atoms with Crippen molar-refractivity contribution in [2.75, 3.05) is 7.05 Å². The number of hydrogen-bond acceptors (Lipinski definition) is 2. The van der Waals surface area contributed by atoms with Crippen molar-refractivity contribution in [2.24, 2.45) is 5.73 Å². The van der Waals surface area contributed by atoms with Crippen LogP contribution in [0.1, 0.15) is 33.6 Å². The minimum absolute atomic E-state index is 0.0480. The average molecular weight is 172 g/mol. The molecule has 0 aromatic carbocycles. The lowest BCUT2D eigenvalue weighted by molar-refractivity contribution is -0.132. The molecule has 0 radical (unpaired) electrons. The molecule has 0 saturated heterocycles. The third-order valence-corrected chi connectivity index (χ3v) is 2.04. The molecule has 12 heavy (non-hydrogen) atoms. The Morgan fingerprint density at radius 1 is 1.50 bits per heavy atom. The van der Waals surface area contributed by atoms with Gasteiger partial charge in [-0.3, -0.25) is 4.79 Å². The Hall–Kier alpha value is -0.570. The van der Waals surface area contributed by atoms with Crippen LogP contribution < -0.4 is 5.73 Å². The second kappa shape index (κ2) is 5.14. The molecule has 0 fully saturated rings. The van der Waals surface area contributed by atoms with Crippen molar-refractivity contribution in [1.82, 2.24) is 4.90 Å². The highest BCUT2D eigenvalue weighted by Gasteiger charge is 2.18. The summed E-state index contributed by atoms with van der Waals surface area (Å²) in [5, 5.41) is 0. The van der Waals surface area contributed by atoms with Gasteiger partial charge in [-0.2, -0.15) is 0 Å². The fourth-order valence-corrected chi connectivity index (χ4v) is 0.951. The molecule has 1 amide bonds. The molecule has 3 heteroatoms. The molecule has 0 unspecified atom stereocenters. The van der Waals surface area contributed by atoms with Crippen molar-refractivity contribution < 1.29 is 4.79 Å². The Morgan fingerprint density at radius 2 is 2.00 bits per heavy atom. The molecule has 1 atom stereocenters. The first kappa shape index (κ1) is 11.4. The minimum Gasteiger partial charge on any atom is -0.342 e. The van der Waals surface area contributed by atoms with Gasteiger partial charge in [0.15, 0.2) is 0 Å². The maximum atomic E-state index is 11.5. The molecule has 3 nitrogen and oxygen atoms in total. The molecule has 0 aromatic heterocycles. The Balaban J connectivity index is 4.00. The van der Waals surface area contributed by atoms with Gasteiger partial charge < -0.3 is 10.6 Å². The van der Waals surface area contributed by atoms with E-state index in [1.54, 1.807) is 11.9 Å². The first-order valence-corrected chi connectivity index (χ1v) is 4.53. The van der Waals surface area contributed by atoms with E-state index in [0.29, 0.717) is 0 Å². The van der Waals surface area contributed by atoms with Crippen molar-refractivity contribution in [3.05, 3.63) is 0 Å². The minimum atomic E-state index is -0.317. The Morgan fingerprint density at radius 3 is 2.33 bits per heavy atom. The van der Waals surface area contributed by atoms with Gasteiger partial charge in [0.2, 0.25) is 5.91 Å². The summed E-state index contributed by atoms with van der Waals surface area (Å²) >= 11 is 0. The number of carbonyl (C=O) groups excluding carboxylic acids is 1. The second-order valence-corrected chi connectivity index (χ2v) is 3.44. The Labute approximate surface area is 74.9 Å². The largest absolute Gasteiger partial charge is 0.342 e. The molecule has 0 aromatic rings. The summed E-state index contributed by atoms with van der Waals surface area (Å²) in [5.41, 5.74) is 5.68. The van der Waals surface area contributed by atoms with Gasteiger partial charge in [0, 0.05) is 13.1 Å². The number of carbonyl (C=O) groups is 1. The highest BCUT2D eigenvalue weighted by molar-refractivity contribution is 5.81. The molecule has 0 bridgehead atoms. The summed E-state index contributed by atoms with van der Waals surface area (Å²) in [6.07, 6.45) is 1.73. The average Bonchev–Trinajstić information content (AvgIpc) is 2.02. The molecule has 0 heterocycles. The molecule has 0 rings (SSSR count). The standard InChI is InChI=1S/C9H20N2O/c1-5-6-8(10)9(12)11(4)7(2)3/h7-8H,5-6,10H2,1-4H3/t8-/m0/s1. The highest BCUT2D eigenvalue weighted by Crippen LogP contribution is 2.01. The van der Waals surface area contributed by atoms with E-state index >= 15 is 0 Å². The Kier molecular flexibility index (Phi) is 4.90. The molecule has 0 aliphatic heterocycles. The van der Waals surface area contributed by atoms with Crippen molar-refractivity contribution in [1.29, 1.82) is 0 Å². The monoisotopic (exact) mass is 172 g/mol. The van der Waals surface area contributed by atoms with Crippen LogP contribution in [0.2, 0.25) is 0 Å². The summed E-state index contributed by atoms with van der Waals surface area (Å²) < 4.78 is 0. The molecule has 0 aliphatic carbocycles. The number of likely N-dealkylation sites (N-methyl/N-ethyl adjacent to an activating group) is 1. The van der Waals surface area contributed by atoms with Gasteiger partial charge in [-0.25, -0.2) is 0 Å². The zero-order valence-corrected chi connectivity index (χ0v) is 8.50. The van der Waals surface area contributed by atoms with Gasteiger partial charge >= 0.3 is 0 Å². The summed E-state index contributed by atoms with van der Waals surface area (Å²) in [7, 11) is 1.79. The SMILES string of the molecule is CCC[C@H](N)C(=O)N(C)C(C)C. The first-order chi connectivity index (χ1) is 5.50. The first-order valence-electron chi connectivity index (χ1n) is 4.53. The van der Waals surface area contributed by atoms with Gasteiger partial charge in [-0.15, -0.1) is 0 Å². The van der Waals surface area contributed by atoms with E-state index < -0.39 is 0 Å². The molecule has 0 spiro atoms. The summed E-state index contributed by atoms with van der Waals surface area (Å²) in [6.45, 7) is 6.00. The fourth-order valence-electron chi connectivity index (χ4n) is 0.951. The van der Waals surface area contributed by atoms with E-state index in [2.05, 4.69) is 0 Å². The summed E-state index contributed by atoms with van der Waals surface area (Å²) in [4.78, 5) is 13.2. The van der Waals surface area contributed by atoms with Crippen LogP contribution in [0.25, 0.3) is 0 Å². The number of hydrogen-bond donors (Lipinski definition) is 1. The van der Waals surface area contributed by atoms with E-state index in [9.17, 15) is 4.79 Å². The normalized spacial score (nSPS) is 13.2. The van der Waals surface area contributed by atoms with Gasteiger partial charge in [-0.1, -0.05) is 13.3 Å². The van der Waals surface area contributed by atoms with Gasteiger partial charge in [-0.05, 0) is 20.3 Å². The number of nitrogens with two attached hydrogens (primary N) is 1. The smallest absolute Gasteiger partial charge is 0.239 e. The van der Waals surface area contributed by atoms with Crippen molar-refractivity contribution in [3.63, 3.8) is 0 Å². The predicted molar refractivity (Wildman–Crippen MR) is 50.8 cm³/mol. The van der Waals surface area contributed by atoms with Crippen LogP contribution in [-0.4, -0.2) is 29.9 Å². The topological polar surface area (TPSA) is 46.3 Å². The lowest BCUT2D eigenvalue weighted by Crippen LogP contribution is -2.44. The molecular formula is C9H20N2O. The van der Waals surface area contributed by atoms with Crippen molar-refractivity contribution >= 4 is 5.91 Å². The van der Waals surface area contributed by atoms with Crippen LogP contribution in [0.15, 0.2) is 0 Å². The van der Waals surface area contributed by atoms with Crippen LogP contribution in [0.5, 0.6) is 0 Å². The third-order valence-electron chi connectivity index (χ3n) is 2.04. The molecule has 2 N–H and O–H groups in total. The maximum Gasteiger partial charge on any atom is 0.239 e. The third kappa shape index (κ3) is 3.22. The van der Waals surface area contributed by atoms with Crippen LogP contribution in [0, 0.1) is 0 Å². The summed E-state index contributed by atoms with van der Waals surface area (Å²) in [6, 6.07) is -0.0807. The zero-order valence-electron chi connectivity index (χ0n) is 8.50. The van der Waals surface area contributed by atoms with Crippen LogP contribution >= 0.6 is 0 Å². The fraction of sp³-hybridized carbons (Fsp3) is 0.889. The van der Waals surface area contributed by atoms with Crippen LogP contribution in [0.4, 0.5) is 0 Å². The zero-order chi connectivity index (χ0) is 9.72. The molecular weight excluding hydrogens is 152 g/mol. The highest BCUT2D eigenvalue weighted by atomic mass is 16.2. The maximum absolute atomic E-state index is 11.5. The van der Waals surface area contributed by atoms with E-state index in [0.717, 1.165) is 12.8 Å². The van der Waals surface area contributed by atoms with Gasteiger partial charge in [0.05, 0.1) is 6.04 Å². The lowest BCUT2D eigenvalue weighted by Gasteiger charge is -2.24.